The van der Waals surface area contributed by atoms with Gasteiger partial charge in [-0.2, -0.15) is 0 Å². The van der Waals surface area contributed by atoms with Crippen molar-refractivity contribution in [3.8, 4) is 0 Å². The first kappa shape index (κ1) is 17.5. The SMILES string of the molecule is CCC1(CNC(=NC)NCCc2csc(N3CCCC3)n2)CCC1. The highest BCUT2D eigenvalue weighted by Crippen LogP contribution is 2.42. The number of hydrogen-bond acceptors (Lipinski definition) is 4. The van der Waals surface area contributed by atoms with Gasteiger partial charge in [0.2, 0.25) is 0 Å². The van der Waals surface area contributed by atoms with Crippen molar-refractivity contribution in [2.45, 2.75) is 51.9 Å². The standard InChI is InChI=1S/C18H31N5S/c1-3-18(8-6-9-18)14-21-16(19-2)20-10-7-15-13-24-17(22-15)23-11-4-5-12-23/h13H,3-12,14H2,1-2H3,(H2,19,20,21). The molecule has 5 nitrogen and oxygen atoms in total. The fraction of sp³-hybridized carbons (Fsp3) is 0.778. The van der Waals surface area contributed by atoms with Crippen LogP contribution in [0.25, 0.3) is 0 Å². The number of hydrogen-bond donors (Lipinski definition) is 2. The van der Waals surface area contributed by atoms with Crippen LogP contribution in [0.3, 0.4) is 0 Å². The van der Waals surface area contributed by atoms with Crippen LogP contribution in [0.1, 0.15) is 51.1 Å². The second-order valence-electron chi connectivity index (χ2n) is 7.13. The number of thiazole rings is 1. The molecular formula is C18H31N5S. The monoisotopic (exact) mass is 349 g/mol. The largest absolute Gasteiger partial charge is 0.356 e. The van der Waals surface area contributed by atoms with Crippen molar-refractivity contribution in [3.05, 3.63) is 11.1 Å². The molecule has 0 unspecified atom stereocenters. The zero-order chi connectivity index (χ0) is 16.8. The molecule has 3 rings (SSSR count). The van der Waals surface area contributed by atoms with E-state index in [-0.39, 0.29) is 0 Å². The first-order valence-electron chi connectivity index (χ1n) is 9.38. The number of nitrogens with zero attached hydrogens (tertiary/aromatic N) is 3. The fourth-order valence-electron chi connectivity index (χ4n) is 3.60. The molecule has 1 aromatic heterocycles. The molecule has 1 saturated carbocycles. The van der Waals surface area contributed by atoms with Gasteiger partial charge >= 0.3 is 0 Å². The predicted molar refractivity (Wildman–Crippen MR) is 103 cm³/mol. The highest BCUT2D eigenvalue weighted by molar-refractivity contribution is 7.13. The van der Waals surface area contributed by atoms with E-state index in [2.05, 4.69) is 32.8 Å². The second kappa shape index (κ2) is 8.19. The lowest BCUT2D eigenvalue weighted by molar-refractivity contribution is 0.131. The Morgan fingerprint density at radius 2 is 2.08 bits per heavy atom. The molecule has 2 fully saturated rings. The molecule has 2 aliphatic rings. The molecule has 0 radical (unpaired) electrons. The Kier molecular flexibility index (Phi) is 5.98. The molecular weight excluding hydrogens is 318 g/mol. The van der Waals surface area contributed by atoms with E-state index in [1.165, 1.54) is 62.4 Å². The van der Waals surface area contributed by atoms with Crippen molar-refractivity contribution >= 4 is 22.4 Å². The quantitative estimate of drug-likeness (QED) is 0.587. The van der Waals surface area contributed by atoms with E-state index >= 15 is 0 Å². The van der Waals surface area contributed by atoms with E-state index in [0.717, 1.165) is 25.5 Å². The van der Waals surface area contributed by atoms with Gasteiger partial charge in [0.1, 0.15) is 0 Å². The molecule has 1 aromatic rings. The summed E-state index contributed by atoms with van der Waals surface area (Å²) in [5.74, 6) is 0.921. The lowest BCUT2D eigenvalue weighted by Crippen LogP contribution is -2.46. The van der Waals surface area contributed by atoms with E-state index in [9.17, 15) is 0 Å². The summed E-state index contributed by atoms with van der Waals surface area (Å²) < 4.78 is 0. The van der Waals surface area contributed by atoms with Crippen LogP contribution in [-0.4, -0.2) is 44.2 Å². The van der Waals surface area contributed by atoms with Gasteiger partial charge in [-0.25, -0.2) is 4.98 Å². The van der Waals surface area contributed by atoms with E-state index in [1.54, 1.807) is 11.3 Å². The molecule has 134 valence electrons. The van der Waals surface area contributed by atoms with E-state index in [4.69, 9.17) is 4.98 Å². The van der Waals surface area contributed by atoms with Crippen LogP contribution in [0.5, 0.6) is 0 Å². The number of guanidine groups is 1. The topological polar surface area (TPSA) is 52.6 Å². The van der Waals surface area contributed by atoms with Crippen LogP contribution in [0.4, 0.5) is 5.13 Å². The van der Waals surface area contributed by atoms with Crippen LogP contribution in [0.2, 0.25) is 0 Å². The fourth-order valence-corrected chi connectivity index (χ4v) is 4.51. The lowest BCUT2D eigenvalue weighted by atomic mass is 9.67. The summed E-state index contributed by atoms with van der Waals surface area (Å²) in [7, 11) is 1.85. The lowest BCUT2D eigenvalue weighted by Gasteiger charge is -2.41. The zero-order valence-electron chi connectivity index (χ0n) is 15.1. The van der Waals surface area contributed by atoms with Gasteiger partial charge in [0.05, 0.1) is 5.69 Å². The minimum Gasteiger partial charge on any atom is -0.356 e. The highest BCUT2D eigenvalue weighted by atomic mass is 32.1. The van der Waals surface area contributed by atoms with Crippen LogP contribution < -0.4 is 15.5 Å². The minimum absolute atomic E-state index is 0.511. The Morgan fingerprint density at radius 1 is 1.29 bits per heavy atom. The molecule has 0 bridgehead atoms. The van der Waals surface area contributed by atoms with Crippen molar-refractivity contribution < 1.29 is 0 Å². The summed E-state index contributed by atoms with van der Waals surface area (Å²) in [5.41, 5.74) is 1.70. The third-order valence-corrected chi connectivity index (χ3v) is 6.56. The molecule has 24 heavy (non-hydrogen) atoms. The molecule has 0 aromatic carbocycles. The third kappa shape index (κ3) is 4.21. The average molecular weight is 350 g/mol. The average Bonchev–Trinajstić information content (AvgIpc) is 3.23. The predicted octanol–water partition coefficient (Wildman–Crippen LogP) is 3.03. The maximum Gasteiger partial charge on any atom is 0.191 e. The molecule has 0 amide bonds. The summed E-state index contributed by atoms with van der Waals surface area (Å²) in [4.78, 5) is 11.5. The molecule has 0 spiro atoms. The summed E-state index contributed by atoms with van der Waals surface area (Å²) >= 11 is 1.78. The third-order valence-electron chi connectivity index (χ3n) is 5.61. The molecule has 6 heteroatoms. The maximum absolute atomic E-state index is 4.78. The van der Waals surface area contributed by atoms with Crippen molar-refractivity contribution in [1.29, 1.82) is 0 Å². The molecule has 2 N–H and O–H groups in total. The summed E-state index contributed by atoms with van der Waals surface area (Å²) in [6.45, 7) is 6.56. The smallest absolute Gasteiger partial charge is 0.191 e. The van der Waals surface area contributed by atoms with Crippen molar-refractivity contribution in [3.63, 3.8) is 0 Å². The van der Waals surface area contributed by atoms with Crippen LogP contribution in [-0.2, 0) is 6.42 Å². The number of anilines is 1. The molecule has 1 aliphatic heterocycles. The molecule has 0 atom stereocenters. The van der Waals surface area contributed by atoms with Crippen molar-refractivity contribution in [2.24, 2.45) is 10.4 Å². The molecule has 1 aliphatic carbocycles. The summed E-state index contributed by atoms with van der Waals surface area (Å²) in [6, 6.07) is 0. The summed E-state index contributed by atoms with van der Waals surface area (Å²) in [6.07, 6.45) is 8.90. The first-order valence-corrected chi connectivity index (χ1v) is 10.3. The normalized spacial score (nSPS) is 20.1. The van der Waals surface area contributed by atoms with Gasteiger partial charge in [0.25, 0.3) is 0 Å². The Hall–Kier alpha value is -1.30. The number of rotatable bonds is 7. The Bertz CT molecular complexity index is 538. The van der Waals surface area contributed by atoms with Gasteiger partial charge in [0.15, 0.2) is 11.1 Å². The Labute approximate surface area is 150 Å². The van der Waals surface area contributed by atoms with Crippen molar-refractivity contribution in [2.75, 3.05) is 38.1 Å². The number of nitrogens with one attached hydrogen (secondary N) is 2. The van der Waals surface area contributed by atoms with Crippen LogP contribution in [0.15, 0.2) is 10.4 Å². The number of aromatic nitrogens is 1. The Balaban J connectivity index is 1.40. The van der Waals surface area contributed by atoms with Gasteiger partial charge in [-0.15, -0.1) is 11.3 Å². The zero-order valence-corrected chi connectivity index (χ0v) is 15.9. The van der Waals surface area contributed by atoms with E-state index < -0.39 is 0 Å². The number of aliphatic imine (C=N–C) groups is 1. The van der Waals surface area contributed by atoms with E-state index in [0.29, 0.717) is 5.41 Å². The van der Waals surface area contributed by atoms with Gasteiger partial charge in [-0.1, -0.05) is 13.3 Å². The van der Waals surface area contributed by atoms with Gasteiger partial charge in [0, 0.05) is 45.0 Å². The maximum atomic E-state index is 4.78. The van der Waals surface area contributed by atoms with Gasteiger partial charge < -0.3 is 15.5 Å². The van der Waals surface area contributed by atoms with Crippen molar-refractivity contribution in [1.82, 2.24) is 15.6 Å². The Morgan fingerprint density at radius 3 is 2.71 bits per heavy atom. The first-order chi connectivity index (χ1) is 11.7. The second-order valence-corrected chi connectivity index (χ2v) is 7.96. The molecule has 2 heterocycles. The van der Waals surface area contributed by atoms with Crippen LogP contribution in [0, 0.1) is 5.41 Å². The summed E-state index contributed by atoms with van der Waals surface area (Å²) in [5, 5.41) is 10.3. The van der Waals surface area contributed by atoms with Gasteiger partial charge in [-0.3, -0.25) is 4.99 Å². The van der Waals surface area contributed by atoms with Crippen LogP contribution >= 0.6 is 11.3 Å². The van der Waals surface area contributed by atoms with Gasteiger partial charge in [-0.05, 0) is 37.5 Å². The highest BCUT2D eigenvalue weighted by Gasteiger charge is 2.34. The van der Waals surface area contributed by atoms with E-state index in [1.807, 2.05) is 7.05 Å². The minimum atomic E-state index is 0.511. The molecule has 1 saturated heterocycles.